The van der Waals surface area contributed by atoms with Crippen LogP contribution in [0.15, 0.2) is 23.1 Å². The molecule has 2 amide bonds. The molecular weight excluding hydrogens is 370 g/mol. The minimum atomic E-state index is -3.86. The summed E-state index contributed by atoms with van der Waals surface area (Å²) < 4.78 is 32.6. The minimum absolute atomic E-state index is 0.128. The predicted octanol–water partition coefficient (Wildman–Crippen LogP) is 1.37. The van der Waals surface area contributed by atoms with Crippen LogP contribution in [0.2, 0.25) is 0 Å². The van der Waals surface area contributed by atoms with Gasteiger partial charge in [-0.15, -0.1) is 0 Å². The molecule has 152 valence electrons. The fourth-order valence-corrected chi connectivity index (χ4v) is 3.80. The van der Waals surface area contributed by atoms with Crippen LogP contribution in [0.3, 0.4) is 0 Å². The van der Waals surface area contributed by atoms with Crippen LogP contribution in [0.4, 0.5) is 0 Å². The molecule has 1 rings (SSSR count). The summed E-state index contributed by atoms with van der Waals surface area (Å²) in [6.45, 7) is 8.77. The molecule has 1 aromatic carbocycles. The topological polar surface area (TPSA) is 105 Å². The molecule has 0 radical (unpaired) electrons. The first-order valence-corrected chi connectivity index (χ1v) is 10.0. The van der Waals surface area contributed by atoms with Gasteiger partial charge in [-0.05, 0) is 52.8 Å². The highest BCUT2D eigenvalue weighted by atomic mass is 32.2. The lowest BCUT2D eigenvalue weighted by molar-refractivity contribution is -0.122. The van der Waals surface area contributed by atoms with Crippen LogP contribution in [0.25, 0.3) is 0 Å². The number of likely N-dealkylation sites (N-methyl/N-ethyl adjacent to an activating group) is 1. The van der Waals surface area contributed by atoms with Crippen molar-refractivity contribution in [1.29, 1.82) is 0 Å². The van der Waals surface area contributed by atoms with Crippen LogP contribution < -0.4 is 14.8 Å². The van der Waals surface area contributed by atoms with Crippen LogP contribution in [0.1, 0.15) is 45.0 Å². The maximum Gasteiger partial charge on any atom is 0.254 e. The Labute approximate surface area is 161 Å². The smallest absolute Gasteiger partial charge is 0.254 e. The van der Waals surface area contributed by atoms with Crippen LogP contribution >= 0.6 is 0 Å². The lowest BCUT2D eigenvalue weighted by Gasteiger charge is -2.23. The predicted molar refractivity (Wildman–Crippen MR) is 103 cm³/mol. The SMILES string of the molecule is COc1ccc(C(=O)N(C)CC(=O)NC(C)(C)C)cc1S(=O)(=O)NC(C)C. The highest BCUT2D eigenvalue weighted by Crippen LogP contribution is 2.25. The molecule has 9 heteroatoms. The first-order valence-electron chi connectivity index (χ1n) is 8.53. The van der Waals surface area contributed by atoms with Gasteiger partial charge in [0.05, 0.1) is 13.7 Å². The van der Waals surface area contributed by atoms with Gasteiger partial charge >= 0.3 is 0 Å². The van der Waals surface area contributed by atoms with E-state index in [0.29, 0.717) is 0 Å². The first-order chi connectivity index (χ1) is 12.3. The molecule has 0 unspecified atom stereocenters. The second-order valence-corrected chi connectivity index (χ2v) is 9.28. The van der Waals surface area contributed by atoms with Gasteiger partial charge in [0, 0.05) is 24.2 Å². The van der Waals surface area contributed by atoms with Gasteiger partial charge in [-0.25, -0.2) is 13.1 Å². The third kappa shape index (κ3) is 6.84. The number of benzene rings is 1. The molecule has 27 heavy (non-hydrogen) atoms. The minimum Gasteiger partial charge on any atom is -0.495 e. The number of hydrogen-bond acceptors (Lipinski definition) is 5. The molecule has 8 nitrogen and oxygen atoms in total. The van der Waals surface area contributed by atoms with E-state index < -0.39 is 21.5 Å². The van der Waals surface area contributed by atoms with Crippen molar-refractivity contribution in [2.75, 3.05) is 20.7 Å². The quantitative estimate of drug-likeness (QED) is 0.720. The van der Waals surface area contributed by atoms with Gasteiger partial charge in [-0.2, -0.15) is 0 Å². The van der Waals surface area contributed by atoms with E-state index in [1.165, 1.54) is 37.3 Å². The van der Waals surface area contributed by atoms with E-state index in [2.05, 4.69) is 10.0 Å². The third-order valence-corrected chi connectivity index (χ3v) is 5.01. The summed E-state index contributed by atoms with van der Waals surface area (Å²) in [5.74, 6) is -0.642. The normalized spacial score (nSPS) is 12.0. The Kier molecular flexibility index (Phi) is 7.39. The molecule has 0 saturated heterocycles. The molecule has 0 bridgehead atoms. The number of nitrogens with zero attached hydrogens (tertiary/aromatic N) is 1. The summed E-state index contributed by atoms with van der Waals surface area (Å²) in [7, 11) is -1.02. The lowest BCUT2D eigenvalue weighted by atomic mass is 10.1. The largest absolute Gasteiger partial charge is 0.495 e. The summed E-state index contributed by atoms with van der Waals surface area (Å²) >= 11 is 0. The molecule has 0 saturated carbocycles. The number of carbonyl (C=O) groups is 2. The zero-order chi connectivity index (χ0) is 21.0. The number of carbonyl (C=O) groups excluding carboxylic acids is 2. The number of methoxy groups -OCH3 is 1. The van der Waals surface area contributed by atoms with Gasteiger partial charge in [-0.3, -0.25) is 9.59 Å². The summed E-state index contributed by atoms with van der Waals surface area (Å²) in [5.41, 5.74) is -0.267. The van der Waals surface area contributed by atoms with E-state index in [9.17, 15) is 18.0 Å². The highest BCUT2D eigenvalue weighted by molar-refractivity contribution is 7.89. The van der Waals surface area contributed by atoms with Crippen LogP contribution in [-0.2, 0) is 14.8 Å². The van der Waals surface area contributed by atoms with Crippen molar-refractivity contribution in [3.8, 4) is 5.75 Å². The first kappa shape index (κ1) is 22.9. The van der Waals surface area contributed by atoms with Crippen LogP contribution in [-0.4, -0.2) is 57.4 Å². The Morgan fingerprint density at radius 2 is 1.81 bits per heavy atom. The summed E-state index contributed by atoms with van der Waals surface area (Å²) in [5, 5.41) is 2.77. The van der Waals surface area contributed by atoms with E-state index in [1.807, 2.05) is 20.8 Å². The summed E-state index contributed by atoms with van der Waals surface area (Å²) in [6, 6.07) is 3.82. The Morgan fingerprint density at radius 1 is 1.22 bits per heavy atom. The fraction of sp³-hybridized carbons (Fsp3) is 0.556. The maximum absolute atomic E-state index is 12.6. The maximum atomic E-state index is 12.6. The molecular formula is C18H29N3O5S. The Hall–Kier alpha value is -2.13. The highest BCUT2D eigenvalue weighted by Gasteiger charge is 2.24. The van der Waals surface area contributed by atoms with Crippen molar-refractivity contribution >= 4 is 21.8 Å². The fourth-order valence-electron chi connectivity index (χ4n) is 2.36. The second kappa shape index (κ2) is 8.71. The molecule has 0 aliphatic rings. The van der Waals surface area contributed by atoms with E-state index in [0.717, 1.165) is 0 Å². The molecule has 0 atom stereocenters. The molecule has 0 aliphatic heterocycles. The number of nitrogens with one attached hydrogen (secondary N) is 2. The van der Waals surface area contributed by atoms with Gasteiger partial charge in [-0.1, -0.05) is 0 Å². The average Bonchev–Trinajstić information content (AvgIpc) is 2.50. The zero-order valence-corrected chi connectivity index (χ0v) is 17.7. The molecule has 0 aromatic heterocycles. The molecule has 0 heterocycles. The number of amides is 2. The molecule has 0 fully saturated rings. The van der Waals surface area contributed by atoms with Gasteiger partial charge in [0.25, 0.3) is 5.91 Å². The van der Waals surface area contributed by atoms with E-state index >= 15 is 0 Å². The second-order valence-electron chi connectivity index (χ2n) is 7.60. The molecule has 2 N–H and O–H groups in total. The van der Waals surface area contributed by atoms with Crippen molar-refractivity contribution in [3.05, 3.63) is 23.8 Å². The van der Waals surface area contributed by atoms with Crippen molar-refractivity contribution in [2.24, 2.45) is 0 Å². The third-order valence-electron chi connectivity index (χ3n) is 3.33. The van der Waals surface area contributed by atoms with Crippen molar-refractivity contribution in [2.45, 2.75) is 51.1 Å². The van der Waals surface area contributed by atoms with Gasteiger partial charge in [0.15, 0.2) is 0 Å². The van der Waals surface area contributed by atoms with Crippen molar-refractivity contribution < 1.29 is 22.7 Å². The lowest BCUT2D eigenvalue weighted by Crippen LogP contribution is -2.46. The monoisotopic (exact) mass is 399 g/mol. The number of sulfonamides is 1. The van der Waals surface area contributed by atoms with E-state index in [4.69, 9.17) is 4.74 Å². The number of rotatable bonds is 7. The molecule has 1 aromatic rings. The van der Waals surface area contributed by atoms with Gasteiger partial charge < -0.3 is 15.0 Å². The van der Waals surface area contributed by atoms with E-state index in [1.54, 1.807) is 13.8 Å². The van der Waals surface area contributed by atoms with Crippen LogP contribution in [0.5, 0.6) is 5.75 Å². The molecule has 0 aliphatic carbocycles. The van der Waals surface area contributed by atoms with E-state index in [-0.39, 0.29) is 34.7 Å². The Balaban J connectivity index is 3.11. The Bertz CT molecular complexity index is 798. The number of ether oxygens (including phenoxy) is 1. The van der Waals surface area contributed by atoms with Crippen LogP contribution in [0, 0.1) is 0 Å². The average molecular weight is 400 g/mol. The summed E-state index contributed by atoms with van der Waals surface area (Å²) in [6.07, 6.45) is 0. The van der Waals surface area contributed by atoms with Gasteiger partial charge in [0.2, 0.25) is 15.9 Å². The van der Waals surface area contributed by atoms with Crippen molar-refractivity contribution in [3.63, 3.8) is 0 Å². The molecule has 0 spiro atoms. The zero-order valence-electron chi connectivity index (χ0n) is 16.9. The standard InChI is InChI=1S/C18H29N3O5S/c1-12(2)20-27(24,25)15-10-13(8-9-14(15)26-7)17(23)21(6)11-16(22)19-18(3,4)5/h8-10,12,20H,11H2,1-7H3,(H,19,22). The van der Waals surface area contributed by atoms with Gasteiger partial charge in [0.1, 0.15) is 10.6 Å². The Morgan fingerprint density at radius 3 is 2.30 bits per heavy atom. The number of hydrogen-bond donors (Lipinski definition) is 2. The van der Waals surface area contributed by atoms with Crippen molar-refractivity contribution in [1.82, 2.24) is 14.9 Å². The summed E-state index contributed by atoms with van der Waals surface area (Å²) in [4.78, 5) is 25.8.